The summed E-state index contributed by atoms with van der Waals surface area (Å²) in [4.78, 5) is 14.6. The molecule has 0 aliphatic carbocycles. The summed E-state index contributed by atoms with van der Waals surface area (Å²) in [5.74, 6) is 1.29. The van der Waals surface area contributed by atoms with Crippen molar-refractivity contribution in [2.45, 2.75) is 19.8 Å². The van der Waals surface area contributed by atoms with Crippen LogP contribution in [0.1, 0.15) is 28.9 Å². The zero-order valence-electron chi connectivity index (χ0n) is 13.3. The number of rotatable bonds is 4. The highest BCUT2D eigenvalue weighted by Gasteiger charge is 2.26. The van der Waals surface area contributed by atoms with Gasteiger partial charge in [-0.1, -0.05) is 18.2 Å². The average Bonchev–Trinajstić information content (AvgIpc) is 2.61. The number of benzene rings is 1. The van der Waals surface area contributed by atoms with E-state index in [0.717, 1.165) is 31.7 Å². The molecule has 23 heavy (non-hydrogen) atoms. The molecular weight excluding hydrogens is 290 g/mol. The Labute approximate surface area is 136 Å². The van der Waals surface area contributed by atoms with Crippen molar-refractivity contribution in [1.29, 1.82) is 0 Å². The molecule has 120 valence electrons. The Morgan fingerprint density at radius 2 is 2.13 bits per heavy atom. The Hall–Kier alpha value is -2.43. The first kappa shape index (κ1) is 15.5. The zero-order valence-corrected chi connectivity index (χ0v) is 13.3. The minimum atomic E-state index is 0.0433. The van der Waals surface area contributed by atoms with Gasteiger partial charge in [0.05, 0.1) is 24.1 Å². The third-order valence-corrected chi connectivity index (χ3v) is 4.17. The Bertz CT molecular complexity index is 660. The molecule has 1 fully saturated rings. The summed E-state index contributed by atoms with van der Waals surface area (Å²) < 4.78 is 5.84. The molecule has 1 aromatic heterocycles. The van der Waals surface area contributed by atoms with E-state index in [1.54, 1.807) is 12.3 Å². The highest BCUT2D eigenvalue weighted by molar-refractivity contribution is 5.95. The summed E-state index contributed by atoms with van der Waals surface area (Å²) in [6.45, 7) is 3.98. The lowest BCUT2D eigenvalue weighted by molar-refractivity contribution is 0.0632. The summed E-state index contributed by atoms with van der Waals surface area (Å²) in [6.07, 6.45) is 3.66. The van der Waals surface area contributed by atoms with E-state index in [4.69, 9.17) is 4.74 Å². The number of carbonyl (C=O) groups excluding carboxylic acids is 1. The molecule has 0 spiro atoms. The van der Waals surface area contributed by atoms with E-state index in [-0.39, 0.29) is 5.91 Å². The summed E-state index contributed by atoms with van der Waals surface area (Å²) in [7, 11) is 0. The molecule has 0 saturated carbocycles. The van der Waals surface area contributed by atoms with Crippen LogP contribution in [0.2, 0.25) is 0 Å². The van der Waals surface area contributed by atoms with Gasteiger partial charge in [0, 0.05) is 19.0 Å². The molecule has 3 rings (SSSR count). The second-order valence-electron chi connectivity index (χ2n) is 5.91. The van der Waals surface area contributed by atoms with Gasteiger partial charge in [-0.05, 0) is 38.0 Å². The number of likely N-dealkylation sites (tertiary alicyclic amines) is 1. The van der Waals surface area contributed by atoms with Crippen molar-refractivity contribution in [2.75, 3.05) is 19.7 Å². The van der Waals surface area contributed by atoms with E-state index in [1.165, 1.54) is 0 Å². The largest absolute Gasteiger partial charge is 0.493 e. The number of para-hydroxylation sites is 1. The molecule has 1 amide bonds. The molecule has 0 radical (unpaired) electrons. The number of amides is 1. The minimum absolute atomic E-state index is 0.0433. The van der Waals surface area contributed by atoms with Gasteiger partial charge < -0.3 is 9.64 Å². The van der Waals surface area contributed by atoms with Gasteiger partial charge in [0.2, 0.25) is 0 Å². The summed E-state index contributed by atoms with van der Waals surface area (Å²) in [5.41, 5.74) is 1.32. The quantitative estimate of drug-likeness (QED) is 0.871. The zero-order chi connectivity index (χ0) is 16.1. The first-order chi connectivity index (χ1) is 11.2. The van der Waals surface area contributed by atoms with Gasteiger partial charge in [-0.3, -0.25) is 4.79 Å². The number of carbonyl (C=O) groups is 1. The number of hydrogen-bond acceptors (Lipinski definition) is 4. The van der Waals surface area contributed by atoms with E-state index in [1.807, 2.05) is 42.2 Å². The number of piperidine rings is 1. The van der Waals surface area contributed by atoms with Crippen LogP contribution in [-0.4, -0.2) is 40.7 Å². The predicted octanol–water partition coefficient (Wildman–Crippen LogP) is 2.72. The smallest absolute Gasteiger partial charge is 0.255 e. The Morgan fingerprint density at radius 3 is 2.91 bits per heavy atom. The third-order valence-electron chi connectivity index (χ3n) is 4.17. The number of hydrogen-bond donors (Lipinski definition) is 0. The van der Waals surface area contributed by atoms with Gasteiger partial charge in [0.15, 0.2) is 0 Å². The lowest BCUT2D eigenvalue weighted by atomic mass is 9.98. The van der Waals surface area contributed by atoms with Gasteiger partial charge in [0.25, 0.3) is 5.91 Å². The molecule has 1 saturated heterocycles. The van der Waals surface area contributed by atoms with E-state index in [2.05, 4.69) is 10.2 Å². The van der Waals surface area contributed by atoms with E-state index in [0.29, 0.717) is 23.8 Å². The van der Waals surface area contributed by atoms with Gasteiger partial charge in [0.1, 0.15) is 5.75 Å². The molecule has 2 heterocycles. The molecule has 1 aliphatic heterocycles. The molecule has 0 N–H and O–H groups in total. The van der Waals surface area contributed by atoms with Crippen molar-refractivity contribution in [3.8, 4) is 5.75 Å². The van der Waals surface area contributed by atoms with Crippen molar-refractivity contribution in [3.63, 3.8) is 0 Å². The molecule has 1 atom stereocenters. The number of aryl methyl sites for hydroxylation is 1. The van der Waals surface area contributed by atoms with Crippen molar-refractivity contribution >= 4 is 5.91 Å². The fourth-order valence-electron chi connectivity index (χ4n) is 2.92. The highest BCUT2D eigenvalue weighted by atomic mass is 16.5. The van der Waals surface area contributed by atoms with Crippen molar-refractivity contribution in [1.82, 2.24) is 15.1 Å². The Morgan fingerprint density at radius 1 is 1.30 bits per heavy atom. The van der Waals surface area contributed by atoms with Crippen LogP contribution in [0.4, 0.5) is 0 Å². The van der Waals surface area contributed by atoms with E-state index < -0.39 is 0 Å². The van der Waals surface area contributed by atoms with Crippen LogP contribution in [0.15, 0.2) is 42.6 Å². The van der Waals surface area contributed by atoms with Crippen molar-refractivity contribution < 1.29 is 9.53 Å². The van der Waals surface area contributed by atoms with Crippen LogP contribution in [0, 0.1) is 12.8 Å². The molecule has 1 unspecified atom stereocenters. The van der Waals surface area contributed by atoms with Gasteiger partial charge in [-0.25, -0.2) is 0 Å². The maximum atomic E-state index is 12.7. The van der Waals surface area contributed by atoms with Gasteiger partial charge >= 0.3 is 0 Å². The summed E-state index contributed by atoms with van der Waals surface area (Å²) in [5, 5.41) is 7.78. The first-order valence-electron chi connectivity index (χ1n) is 7.99. The molecular formula is C18H21N3O2. The topological polar surface area (TPSA) is 55.3 Å². The molecule has 0 bridgehead atoms. The Balaban J connectivity index is 1.60. The second kappa shape index (κ2) is 7.22. The van der Waals surface area contributed by atoms with Crippen LogP contribution in [0.3, 0.4) is 0 Å². The van der Waals surface area contributed by atoms with Crippen LogP contribution in [-0.2, 0) is 0 Å². The molecule has 2 aromatic rings. The monoisotopic (exact) mass is 311 g/mol. The SMILES string of the molecule is Cc1nnccc1C(=O)N1CCCC(COc2ccccc2)C1. The van der Waals surface area contributed by atoms with Gasteiger partial charge in [-0.15, -0.1) is 0 Å². The number of ether oxygens (including phenoxy) is 1. The van der Waals surface area contributed by atoms with Crippen LogP contribution < -0.4 is 4.74 Å². The molecule has 1 aromatic carbocycles. The number of aromatic nitrogens is 2. The molecule has 1 aliphatic rings. The maximum Gasteiger partial charge on any atom is 0.255 e. The summed E-state index contributed by atoms with van der Waals surface area (Å²) in [6, 6.07) is 11.6. The average molecular weight is 311 g/mol. The normalized spacial score (nSPS) is 17.8. The lowest BCUT2D eigenvalue weighted by Gasteiger charge is -2.32. The second-order valence-corrected chi connectivity index (χ2v) is 5.91. The third kappa shape index (κ3) is 3.86. The van der Waals surface area contributed by atoms with E-state index >= 15 is 0 Å². The summed E-state index contributed by atoms with van der Waals surface area (Å²) >= 11 is 0. The van der Waals surface area contributed by atoms with E-state index in [9.17, 15) is 4.79 Å². The first-order valence-corrected chi connectivity index (χ1v) is 7.99. The lowest BCUT2D eigenvalue weighted by Crippen LogP contribution is -2.41. The van der Waals surface area contributed by atoms with Crippen LogP contribution in [0.5, 0.6) is 5.75 Å². The fraction of sp³-hybridized carbons (Fsp3) is 0.389. The molecule has 5 heteroatoms. The fourth-order valence-corrected chi connectivity index (χ4v) is 2.92. The Kier molecular flexibility index (Phi) is 4.86. The van der Waals surface area contributed by atoms with Gasteiger partial charge in [-0.2, -0.15) is 10.2 Å². The molecule has 5 nitrogen and oxygen atoms in total. The van der Waals surface area contributed by atoms with Crippen molar-refractivity contribution in [2.24, 2.45) is 5.92 Å². The number of nitrogens with zero attached hydrogens (tertiary/aromatic N) is 3. The van der Waals surface area contributed by atoms with Crippen LogP contribution in [0.25, 0.3) is 0 Å². The maximum absolute atomic E-state index is 12.7. The van der Waals surface area contributed by atoms with Crippen molar-refractivity contribution in [3.05, 3.63) is 53.9 Å². The highest BCUT2D eigenvalue weighted by Crippen LogP contribution is 2.20. The standard InChI is InChI=1S/C18H21N3O2/c1-14-17(9-10-19-20-14)18(22)21-11-5-6-15(12-21)13-23-16-7-3-2-4-8-16/h2-4,7-10,15H,5-6,11-13H2,1H3. The van der Waals surface area contributed by atoms with Crippen LogP contribution >= 0.6 is 0 Å². The predicted molar refractivity (Wildman–Crippen MR) is 87.3 cm³/mol. The minimum Gasteiger partial charge on any atom is -0.493 e.